The summed E-state index contributed by atoms with van der Waals surface area (Å²) in [6, 6.07) is 0. The van der Waals surface area contributed by atoms with Crippen LogP contribution in [0.1, 0.15) is 33.1 Å². The summed E-state index contributed by atoms with van der Waals surface area (Å²) >= 11 is 0. The van der Waals surface area contributed by atoms with Gasteiger partial charge in [-0.25, -0.2) is 0 Å². The molecule has 69 valence electrons. The smallest absolute Gasteiger partial charge is 0.0977 e. The molecule has 2 aliphatic heterocycles. The zero-order valence-electron chi connectivity index (χ0n) is 7.93. The highest BCUT2D eigenvalue weighted by Crippen LogP contribution is 2.45. The van der Waals surface area contributed by atoms with E-state index >= 15 is 0 Å². The van der Waals surface area contributed by atoms with E-state index in [0.29, 0.717) is 6.10 Å². The van der Waals surface area contributed by atoms with Gasteiger partial charge in [0.25, 0.3) is 0 Å². The van der Waals surface area contributed by atoms with Crippen molar-refractivity contribution in [2.24, 2.45) is 0 Å². The molecule has 0 aromatic rings. The van der Waals surface area contributed by atoms with Gasteiger partial charge in [-0.15, -0.1) is 0 Å². The minimum Gasteiger partial charge on any atom is -0.373 e. The second kappa shape index (κ2) is 3.00. The Morgan fingerprint density at radius 3 is 2.50 bits per heavy atom. The quantitative estimate of drug-likeness (QED) is 0.587. The van der Waals surface area contributed by atoms with Crippen LogP contribution in [0.3, 0.4) is 0 Å². The highest BCUT2D eigenvalue weighted by molar-refractivity contribution is 5.17. The lowest BCUT2D eigenvalue weighted by Gasteiger charge is -2.19. The first-order valence-corrected chi connectivity index (χ1v) is 4.91. The van der Waals surface area contributed by atoms with Crippen molar-refractivity contribution in [3.05, 3.63) is 5.92 Å². The summed E-state index contributed by atoms with van der Waals surface area (Å²) < 4.78 is 10.8. The van der Waals surface area contributed by atoms with Crippen molar-refractivity contribution in [2.45, 2.75) is 44.8 Å². The van der Waals surface area contributed by atoms with Crippen LogP contribution in [0.15, 0.2) is 0 Å². The van der Waals surface area contributed by atoms with Gasteiger partial charge in [-0.2, -0.15) is 0 Å². The first kappa shape index (κ1) is 8.52. The summed E-state index contributed by atoms with van der Waals surface area (Å²) in [4.78, 5) is 0. The molecule has 0 aliphatic carbocycles. The lowest BCUT2D eigenvalue weighted by Crippen LogP contribution is -2.22. The summed E-state index contributed by atoms with van der Waals surface area (Å²) in [7, 11) is 0. The van der Waals surface area contributed by atoms with Crippen LogP contribution in [0.4, 0.5) is 0 Å². The first-order chi connectivity index (χ1) is 5.80. The highest BCUT2D eigenvalue weighted by atomic mass is 16.6. The van der Waals surface area contributed by atoms with Crippen LogP contribution in [-0.4, -0.2) is 24.9 Å². The fraction of sp³-hybridized carbons (Fsp3) is 0.900. The molecule has 1 radical (unpaired) electrons. The zero-order valence-corrected chi connectivity index (χ0v) is 7.93. The van der Waals surface area contributed by atoms with E-state index in [4.69, 9.17) is 9.47 Å². The molecule has 12 heavy (non-hydrogen) atoms. The molecule has 0 bridgehead atoms. The van der Waals surface area contributed by atoms with Crippen LogP contribution in [-0.2, 0) is 9.47 Å². The normalized spacial score (nSPS) is 38.8. The van der Waals surface area contributed by atoms with Crippen LogP contribution in [0.5, 0.6) is 0 Å². The molecule has 2 aliphatic rings. The second-order valence-corrected chi connectivity index (χ2v) is 3.75. The van der Waals surface area contributed by atoms with Crippen molar-refractivity contribution < 1.29 is 9.47 Å². The predicted octanol–water partition coefficient (Wildman–Crippen LogP) is 1.94. The van der Waals surface area contributed by atoms with Crippen molar-refractivity contribution in [3.8, 4) is 0 Å². The molecule has 2 fully saturated rings. The third kappa shape index (κ3) is 1.50. The van der Waals surface area contributed by atoms with Gasteiger partial charge in [0.05, 0.1) is 24.9 Å². The maximum atomic E-state index is 5.53. The number of rotatable bonds is 5. The Balaban J connectivity index is 1.87. The Morgan fingerprint density at radius 2 is 2.17 bits per heavy atom. The third-order valence-corrected chi connectivity index (χ3v) is 3.01. The molecule has 0 amide bonds. The van der Waals surface area contributed by atoms with Crippen molar-refractivity contribution in [1.82, 2.24) is 0 Å². The van der Waals surface area contributed by atoms with Crippen LogP contribution in [0.25, 0.3) is 0 Å². The van der Waals surface area contributed by atoms with Gasteiger partial charge >= 0.3 is 0 Å². The molecule has 2 atom stereocenters. The minimum atomic E-state index is 0.167. The lowest BCUT2D eigenvalue weighted by molar-refractivity contribution is 0.280. The molecule has 2 heterocycles. The molecule has 0 aromatic heterocycles. The van der Waals surface area contributed by atoms with E-state index in [-0.39, 0.29) is 5.60 Å². The van der Waals surface area contributed by atoms with Gasteiger partial charge in [-0.1, -0.05) is 13.8 Å². The van der Waals surface area contributed by atoms with Gasteiger partial charge in [-0.05, 0) is 19.3 Å². The SMILES string of the molecule is CC[C](CC1CO1)C1(CC)CO1. The Morgan fingerprint density at radius 1 is 1.50 bits per heavy atom. The molecule has 2 nitrogen and oxygen atoms in total. The molecule has 0 saturated carbocycles. The van der Waals surface area contributed by atoms with Gasteiger partial charge in [0.15, 0.2) is 0 Å². The molecule has 2 rings (SSSR count). The molecular weight excluding hydrogens is 152 g/mol. The lowest BCUT2D eigenvalue weighted by atomic mass is 9.85. The first-order valence-electron chi connectivity index (χ1n) is 4.91. The van der Waals surface area contributed by atoms with Crippen LogP contribution in [0.2, 0.25) is 0 Å². The van der Waals surface area contributed by atoms with Crippen molar-refractivity contribution in [3.63, 3.8) is 0 Å². The van der Waals surface area contributed by atoms with Gasteiger partial charge in [0, 0.05) is 5.92 Å². The summed E-state index contributed by atoms with van der Waals surface area (Å²) in [6.07, 6.45) is 3.92. The van der Waals surface area contributed by atoms with E-state index < -0.39 is 0 Å². The Bertz CT molecular complexity index is 159. The molecule has 2 unspecified atom stereocenters. The topological polar surface area (TPSA) is 25.1 Å². The Kier molecular flexibility index (Phi) is 2.13. The van der Waals surface area contributed by atoms with E-state index in [1.165, 1.54) is 0 Å². The number of ether oxygens (including phenoxy) is 2. The largest absolute Gasteiger partial charge is 0.373 e. The fourth-order valence-electron chi connectivity index (χ4n) is 1.86. The molecule has 0 N–H and O–H groups in total. The third-order valence-electron chi connectivity index (χ3n) is 3.01. The van der Waals surface area contributed by atoms with Gasteiger partial charge in [0.2, 0.25) is 0 Å². The maximum absolute atomic E-state index is 5.53. The van der Waals surface area contributed by atoms with E-state index in [1.807, 2.05) is 0 Å². The second-order valence-electron chi connectivity index (χ2n) is 3.75. The van der Waals surface area contributed by atoms with Crippen LogP contribution < -0.4 is 0 Å². The Hall–Kier alpha value is -0.0800. The molecule has 2 heteroatoms. The molecular formula is C10H17O2. The number of hydrogen-bond donors (Lipinski definition) is 0. The fourth-order valence-corrected chi connectivity index (χ4v) is 1.86. The van der Waals surface area contributed by atoms with Gasteiger partial charge < -0.3 is 9.47 Å². The monoisotopic (exact) mass is 169 g/mol. The molecule has 2 saturated heterocycles. The van der Waals surface area contributed by atoms with Gasteiger partial charge in [-0.3, -0.25) is 0 Å². The van der Waals surface area contributed by atoms with Crippen LogP contribution >= 0.6 is 0 Å². The van der Waals surface area contributed by atoms with Crippen molar-refractivity contribution in [1.29, 1.82) is 0 Å². The standard InChI is InChI=1S/C10H17O2/c1-3-8(5-9-6-11-9)10(4-2)7-12-10/h9H,3-7H2,1-2H3. The van der Waals surface area contributed by atoms with E-state index in [1.54, 1.807) is 5.92 Å². The summed E-state index contributed by atoms with van der Waals surface area (Å²) in [5.74, 6) is 1.56. The highest BCUT2D eigenvalue weighted by Gasteiger charge is 2.50. The minimum absolute atomic E-state index is 0.167. The summed E-state index contributed by atoms with van der Waals surface area (Å²) in [5.41, 5.74) is 0.167. The molecule has 0 spiro atoms. The zero-order chi connectivity index (χ0) is 8.60. The van der Waals surface area contributed by atoms with E-state index in [2.05, 4.69) is 13.8 Å². The number of hydrogen-bond acceptors (Lipinski definition) is 2. The summed E-state index contributed by atoms with van der Waals surface area (Å²) in [5, 5.41) is 0. The average molecular weight is 169 g/mol. The summed E-state index contributed by atoms with van der Waals surface area (Å²) in [6.45, 7) is 6.33. The van der Waals surface area contributed by atoms with Gasteiger partial charge in [0.1, 0.15) is 0 Å². The van der Waals surface area contributed by atoms with Crippen molar-refractivity contribution >= 4 is 0 Å². The van der Waals surface area contributed by atoms with E-state index in [9.17, 15) is 0 Å². The van der Waals surface area contributed by atoms with E-state index in [0.717, 1.165) is 32.5 Å². The Labute approximate surface area is 74.2 Å². The van der Waals surface area contributed by atoms with Crippen LogP contribution in [0, 0.1) is 5.92 Å². The average Bonchev–Trinajstić information content (AvgIpc) is 2.95. The van der Waals surface area contributed by atoms with Crippen molar-refractivity contribution in [2.75, 3.05) is 13.2 Å². The predicted molar refractivity (Wildman–Crippen MR) is 46.9 cm³/mol. The molecule has 0 aromatic carbocycles. The maximum Gasteiger partial charge on any atom is 0.0977 e. The number of epoxide rings is 2.